The summed E-state index contributed by atoms with van der Waals surface area (Å²) in [5.41, 5.74) is 3.83. The second-order valence-electron chi connectivity index (χ2n) is 5.34. The van der Waals surface area contributed by atoms with Crippen LogP contribution >= 0.6 is 0 Å². The Morgan fingerprint density at radius 1 is 1.19 bits per heavy atom. The van der Waals surface area contributed by atoms with Crippen molar-refractivity contribution in [1.82, 2.24) is 9.97 Å². The Kier molecular flexibility index (Phi) is 3.22. The number of hydrogen-bond acceptors (Lipinski definition) is 2. The summed E-state index contributed by atoms with van der Waals surface area (Å²) in [4.78, 5) is 18.7. The smallest absolute Gasteiger partial charge is 0.352 e. The SMILES string of the molecule is CC(C)c1cccc2c(-c3ccncc3)c(C(=O)O)[nH]c12. The number of carbonyl (C=O) groups is 1. The van der Waals surface area contributed by atoms with Crippen molar-refractivity contribution in [3.8, 4) is 11.1 Å². The Hall–Kier alpha value is -2.62. The van der Waals surface area contributed by atoms with E-state index in [2.05, 4.69) is 23.8 Å². The van der Waals surface area contributed by atoms with E-state index in [1.54, 1.807) is 12.4 Å². The van der Waals surface area contributed by atoms with E-state index < -0.39 is 5.97 Å². The highest BCUT2D eigenvalue weighted by molar-refractivity contribution is 6.08. The predicted octanol–water partition coefficient (Wildman–Crippen LogP) is 4.05. The van der Waals surface area contributed by atoms with Crippen LogP contribution in [0.25, 0.3) is 22.0 Å². The van der Waals surface area contributed by atoms with Gasteiger partial charge in [0.25, 0.3) is 0 Å². The number of aromatic nitrogens is 2. The first-order valence-corrected chi connectivity index (χ1v) is 6.88. The summed E-state index contributed by atoms with van der Waals surface area (Å²) in [6.07, 6.45) is 3.35. The summed E-state index contributed by atoms with van der Waals surface area (Å²) in [5, 5.41) is 10.4. The summed E-state index contributed by atoms with van der Waals surface area (Å²) in [7, 11) is 0. The van der Waals surface area contributed by atoms with Crippen molar-refractivity contribution in [3.63, 3.8) is 0 Å². The minimum absolute atomic E-state index is 0.226. The molecule has 3 rings (SSSR count). The van der Waals surface area contributed by atoms with Gasteiger partial charge in [0.05, 0.1) is 5.52 Å². The van der Waals surface area contributed by atoms with Gasteiger partial charge in [-0.3, -0.25) is 4.98 Å². The van der Waals surface area contributed by atoms with Gasteiger partial charge >= 0.3 is 5.97 Å². The average Bonchev–Trinajstić information content (AvgIpc) is 2.87. The zero-order chi connectivity index (χ0) is 15.0. The normalized spacial score (nSPS) is 11.2. The summed E-state index contributed by atoms with van der Waals surface area (Å²) < 4.78 is 0. The fourth-order valence-corrected chi connectivity index (χ4v) is 2.70. The van der Waals surface area contributed by atoms with Gasteiger partial charge in [-0.25, -0.2) is 4.79 Å². The number of aromatic carboxylic acids is 1. The quantitative estimate of drug-likeness (QED) is 0.760. The van der Waals surface area contributed by atoms with Crippen LogP contribution in [0.5, 0.6) is 0 Å². The van der Waals surface area contributed by atoms with Gasteiger partial charge in [-0.2, -0.15) is 0 Å². The third-order valence-corrected chi connectivity index (χ3v) is 3.67. The molecule has 0 unspecified atom stereocenters. The molecule has 2 N–H and O–H groups in total. The van der Waals surface area contributed by atoms with Crippen LogP contribution in [0, 0.1) is 0 Å². The Labute approximate surface area is 122 Å². The van der Waals surface area contributed by atoms with Crippen LogP contribution in [0.15, 0.2) is 42.7 Å². The van der Waals surface area contributed by atoms with Crippen molar-refractivity contribution in [1.29, 1.82) is 0 Å². The molecule has 106 valence electrons. The first-order valence-electron chi connectivity index (χ1n) is 6.88. The summed E-state index contributed by atoms with van der Waals surface area (Å²) in [6.45, 7) is 4.20. The lowest BCUT2D eigenvalue weighted by Crippen LogP contribution is -1.98. The summed E-state index contributed by atoms with van der Waals surface area (Å²) in [5.74, 6) is -0.632. The number of rotatable bonds is 3. The Balaban J connectivity index is 2.39. The number of benzene rings is 1. The number of aromatic amines is 1. The van der Waals surface area contributed by atoms with E-state index >= 15 is 0 Å². The Morgan fingerprint density at radius 3 is 2.52 bits per heavy atom. The molecule has 0 amide bonds. The molecular formula is C17H16N2O2. The highest BCUT2D eigenvalue weighted by atomic mass is 16.4. The summed E-state index contributed by atoms with van der Waals surface area (Å²) in [6, 6.07) is 9.63. The van der Waals surface area contributed by atoms with E-state index in [1.807, 2.05) is 30.3 Å². The van der Waals surface area contributed by atoms with Crippen LogP contribution in [0.4, 0.5) is 0 Å². The monoisotopic (exact) mass is 280 g/mol. The molecule has 0 saturated heterocycles. The van der Waals surface area contributed by atoms with Gasteiger partial charge in [-0.15, -0.1) is 0 Å². The van der Waals surface area contributed by atoms with Gasteiger partial charge in [0.2, 0.25) is 0 Å². The molecule has 0 atom stereocenters. The van der Waals surface area contributed by atoms with Gasteiger partial charge in [0.15, 0.2) is 0 Å². The van der Waals surface area contributed by atoms with E-state index in [1.165, 1.54) is 0 Å². The van der Waals surface area contributed by atoms with Crippen molar-refractivity contribution in [3.05, 3.63) is 54.0 Å². The molecule has 4 heteroatoms. The molecule has 2 heterocycles. The number of fused-ring (bicyclic) bond motifs is 1. The molecular weight excluding hydrogens is 264 g/mol. The van der Waals surface area contributed by atoms with Gasteiger partial charge < -0.3 is 10.1 Å². The van der Waals surface area contributed by atoms with Crippen LogP contribution in [0.3, 0.4) is 0 Å². The molecule has 1 aromatic carbocycles. The Bertz CT molecular complexity index is 804. The van der Waals surface area contributed by atoms with E-state index in [9.17, 15) is 9.90 Å². The first-order chi connectivity index (χ1) is 10.1. The van der Waals surface area contributed by atoms with E-state index in [0.29, 0.717) is 5.92 Å². The topological polar surface area (TPSA) is 66.0 Å². The molecule has 0 bridgehead atoms. The molecule has 0 fully saturated rings. The first kappa shape index (κ1) is 13.4. The lowest BCUT2D eigenvalue weighted by atomic mass is 9.97. The van der Waals surface area contributed by atoms with Crippen molar-refractivity contribution >= 4 is 16.9 Å². The maximum atomic E-state index is 11.6. The molecule has 0 spiro atoms. The van der Waals surface area contributed by atoms with Crippen molar-refractivity contribution in [2.75, 3.05) is 0 Å². The van der Waals surface area contributed by atoms with Crippen molar-refractivity contribution < 1.29 is 9.90 Å². The molecule has 4 nitrogen and oxygen atoms in total. The number of nitrogens with zero attached hydrogens (tertiary/aromatic N) is 1. The third-order valence-electron chi connectivity index (χ3n) is 3.67. The van der Waals surface area contributed by atoms with Crippen LogP contribution in [-0.2, 0) is 0 Å². The minimum Gasteiger partial charge on any atom is -0.477 e. The van der Waals surface area contributed by atoms with Gasteiger partial charge in [-0.05, 0) is 29.2 Å². The molecule has 21 heavy (non-hydrogen) atoms. The van der Waals surface area contributed by atoms with Gasteiger partial charge in [0, 0.05) is 23.3 Å². The summed E-state index contributed by atoms with van der Waals surface area (Å²) >= 11 is 0. The second-order valence-corrected chi connectivity index (χ2v) is 5.34. The molecule has 2 aromatic heterocycles. The number of H-pyrrole nitrogens is 1. The van der Waals surface area contributed by atoms with Crippen LogP contribution in [0.2, 0.25) is 0 Å². The van der Waals surface area contributed by atoms with Crippen molar-refractivity contribution in [2.45, 2.75) is 19.8 Å². The molecule has 0 radical (unpaired) electrons. The predicted molar refractivity (Wildman–Crippen MR) is 82.6 cm³/mol. The third kappa shape index (κ3) is 2.18. The number of carboxylic acids is 1. The van der Waals surface area contributed by atoms with Crippen LogP contribution in [-0.4, -0.2) is 21.0 Å². The van der Waals surface area contributed by atoms with Crippen LogP contribution < -0.4 is 0 Å². The average molecular weight is 280 g/mol. The number of hydrogen-bond donors (Lipinski definition) is 2. The number of para-hydroxylation sites is 1. The molecule has 0 aliphatic heterocycles. The fourth-order valence-electron chi connectivity index (χ4n) is 2.70. The second kappa shape index (κ2) is 5.05. The minimum atomic E-state index is -0.951. The number of carboxylic acid groups (broad SMARTS) is 1. The molecule has 0 aliphatic carbocycles. The highest BCUT2D eigenvalue weighted by Crippen LogP contribution is 2.35. The zero-order valence-corrected chi connectivity index (χ0v) is 11.9. The van der Waals surface area contributed by atoms with E-state index in [-0.39, 0.29) is 5.69 Å². The molecule has 3 aromatic rings. The highest BCUT2D eigenvalue weighted by Gasteiger charge is 2.20. The molecule has 0 aliphatic rings. The van der Waals surface area contributed by atoms with Gasteiger partial charge in [-0.1, -0.05) is 32.0 Å². The van der Waals surface area contributed by atoms with Crippen LogP contribution in [0.1, 0.15) is 35.8 Å². The van der Waals surface area contributed by atoms with Gasteiger partial charge in [0.1, 0.15) is 5.69 Å². The number of pyridine rings is 1. The lowest BCUT2D eigenvalue weighted by molar-refractivity contribution is 0.0692. The number of nitrogens with one attached hydrogen (secondary N) is 1. The fraction of sp³-hybridized carbons (Fsp3) is 0.176. The standard InChI is InChI=1S/C17H16N2O2/c1-10(2)12-4-3-5-13-14(11-6-8-18-9-7-11)16(17(20)21)19-15(12)13/h3-10,19H,1-2H3,(H,20,21). The Morgan fingerprint density at radius 2 is 1.90 bits per heavy atom. The lowest BCUT2D eigenvalue weighted by Gasteiger charge is -2.07. The largest absolute Gasteiger partial charge is 0.477 e. The zero-order valence-electron chi connectivity index (χ0n) is 11.9. The van der Waals surface area contributed by atoms with E-state index in [0.717, 1.165) is 27.6 Å². The maximum absolute atomic E-state index is 11.6. The van der Waals surface area contributed by atoms with E-state index in [4.69, 9.17) is 0 Å². The maximum Gasteiger partial charge on any atom is 0.352 e. The van der Waals surface area contributed by atoms with Crippen molar-refractivity contribution in [2.24, 2.45) is 0 Å². The molecule has 0 saturated carbocycles.